The molecule has 1 fully saturated rings. The second-order valence-corrected chi connectivity index (χ2v) is 5.46. The van der Waals surface area contributed by atoms with Crippen molar-refractivity contribution < 1.29 is 9.53 Å². The predicted octanol–water partition coefficient (Wildman–Crippen LogP) is 0.637. The Balaban J connectivity index is 2.07. The molecule has 2 rings (SSSR count). The molecular formula is C14H19N3O2S. The Morgan fingerprint density at radius 3 is 2.80 bits per heavy atom. The standard InChI is InChI=1S/C14H19N3O2S/c1-19-12-6-9(2-3-11(12)14(16)20)7-17-5-4-10(8-17)13(15)18/h2-3,6,10H,4-5,7-8H2,1H3,(H2,15,18)(H2,16,20). The number of carbonyl (C=O) groups excluding carboxylic acids is 1. The molecule has 0 spiro atoms. The van der Waals surface area contributed by atoms with Gasteiger partial charge >= 0.3 is 0 Å². The normalized spacial score (nSPS) is 18.9. The first-order chi connectivity index (χ1) is 9.51. The Bertz CT molecular complexity index is 533. The molecule has 1 aromatic carbocycles. The molecule has 0 bridgehead atoms. The van der Waals surface area contributed by atoms with Crippen LogP contribution >= 0.6 is 12.2 Å². The minimum atomic E-state index is -0.214. The summed E-state index contributed by atoms with van der Waals surface area (Å²) in [6, 6.07) is 5.79. The van der Waals surface area contributed by atoms with Crippen molar-refractivity contribution in [2.24, 2.45) is 17.4 Å². The molecule has 0 saturated carbocycles. The highest BCUT2D eigenvalue weighted by Crippen LogP contribution is 2.23. The van der Waals surface area contributed by atoms with Gasteiger partial charge in [0.05, 0.1) is 18.6 Å². The van der Waals surface area contributed by atoms with E-state index in [1.165, 1.54) is 0 Å². The van der Waals surface area contributed by atoms with Crippen LogP contribution in [0.5, 0.6) is 5.75 Å². The highest BCUT2D eigenvalue weighted by atomic mass is 32.1. The SMILES string of the molecule is COc1cc(CN2CCC(C(N)=O)C2)ccc1C(N)=S. The van der Waals surface area contributed by atoms with Gasteiger partial charge in [0, 0.05) is 13.1 Å². The minimum Gasteiger partial charge on any atom is -0.496 e. The zero-order valence-electron chi connectivity index (χ0n) is 11.5. The van der Waals surface area contributed by atoms with Gasteiger partial charge in [0.1, 0.15) is 10.7 Å². The number of ether oxygens (including phenoxy) is 1. The molecule has 1 saturated heterocycles. The number of likely N-dealkylation sites (tertiary alicyclic amines) is 1. The van der Waals surface area contributed by atoms with Gasteiger partial charge in [-0.05, 0) is 30.7 Å². The maximum Gasteiger partial charge on any atom is 0.221 e. The first kappa shape index (κ1) is 14.7. The lowest BCUT2D eigenvalue weighted by atomic mass is 10.1. The van der Waals surface area contributed by atoms with Gasteiger partial charge in [-0.3, -0.25) is 9.69 Å². The smallest absolute Gasteiger partial charge is 0.221 e. The zero-order chi connectivity index (χ0) is 14.7. The molecule has 1 unspecified atom stereocenters. The van der Waals surface area contributed by atoms with E-state index in [-0.39, 0.29) is 11.8 Å². The Morgan fingerprint density at radius 1 is 1.50 bits per heavy atom. The van der Waals surface area contributed by atoms with Gasteiger partial charge in [0.2, 0.25) is 5.91 Å². The second kappa shape index (κ2) is 6.19. The fourth-order valence-electron chi connectivity index (χ4n) is 2.50. The third kappa shape index (κ3) is 3.26. The van der Waals surface area contributed by atoms with Gasteiger partial charge in [-0.1, -0.05) is 18.3 Å². The van der Waals surface area contributed by atoms with Crippen LogP contribution in [0.1, 0.15) is 17.5 Å². The van der Waals surface area contributed by atoms with E-state index >= 15 is 0 Å². The molecule has 6 heteroatoms. The van der Waals surface area contributed by atoms with Gasteiger partial charge < -0.3 is 16.2 Å². The van der Waals surface area contributed by atoms with Crippen LogP contribution < -0.4 is 16.2 Å². The quantitative estimate of drug-likeness (QED) is 0.779. The molecule has 1 atom stereocenters. The van der Waals surface area contributed by atoms with E-state index in [0.717, 1.165) is 30.6 Å². The van der Waals surface area contributed by atoms with Crippen LogP contribution in [-0.2, 0) is 11.3 Å². The molecule has 5 nitrogen and oxygen atoms in total. The summed E-state index contributed by atoms with van der Waals surface area (Å²) < 4.78 is 5.31. The number of methoxy groups -OCH3 is 1. The summed E-state index contributed by atoms with van der Waals surface area (Å²) in [5.74, 6) is 0.433. The van der Waals surface area contributed by atoms with E-state index in [9.17, 15) is 4.79 Å². The van der Waals surface area contributed by atoms with Crippen LogP contribution in [0.2, 0.25) is 0 Å². The summed E-state index contributed by atoms with van der Waals surface area (Å²) in [5, 5.41) is 0. The van der Waals surface area contributed by atoms with E-state index in [2.05, 4.69) is 4.90 Å². The van der Waals surface area contributed by atoms with Crippen molar-refractivity contribution in [2.45, 2.75) is 13.0 Å². The highest BCUT2D eigenvalue weighted by molar-refractivity contribution is 7.80. The zero-order valence-corrected chi connectivity index (χ0v) is 12.3. The fourth-order valence-corrected chi connectivity index (χ4v) is 2.67. The number of amides is 1. The van der Waals surface area contributed by atoms with E-state index < -0.39 is 0 Å². The highest BCUT2D eigenvalue weighted by Gasteiger charge is 2.26. The molecule has 4 N–H and O–H groups in total. The van der Waals surface area contributed by atoms with Crippen LogP contribution in [0.3, 0.4) is 0 Å². The Labute approximate surface area is 123 Å². The van der Waals surface area contributed by atoms with Crippen LogP contribution in [0.25, 0.3) is 0 Å². The number of hydrogen-bond donors (Lipinski definition) is 2. The van der Waals surface area contributed by atoms with Crippen LogP contribution in [-0.4, -0.2) is 36.0 Å². The molecule has 0 aliphatic carbocycles. The van der Waals surface area contributed by atoms with E-state index in [4.69, 9.17) is 28.4 Å². The lowest BCUT2D eigenvalue weighted by Crippen LogP contribution is -2.27. The van der Waals surface area contributed by atoms with E-state index in [1.54, 1.807) is 7.11 Å². The van der Waals surface area contributed by atoms with E-state index in [1.807, 2.05) is 18.2 Å². The Hall–Kier alpha value is -1.66. The van der Waals surface area contributed by atoms with Gasteiger partial charge in [0.15, 0.2) is 0 Å². The van der Waals surface area contributed by atoms with Gasteiger partial charge in [0.25, 0.3) is 0 Å². The lowest BCUT2D eigenvalue weighted by molar-refractivity contribution is -0.121. The van der Waals surface area contributed by atoms with Crippen molar-refractivity contribution in [2.75, 3.05) is 20.2 Å². The summed E-state index contributed by atoms with van der Waals surface area (Å²) >= 11 is 4.98. The molecule has 1 aliphatic rings. The van der Waals surface area contributed by atoms with Crippen molar-refractivity contribution in [1.29, 1.82) is 0 Å². The predicted molar refractivity (Wildman–Crippen MR) is 81.5 cm³/mol. The average Bonchev–Trinajstić information content (AvgIpc) is 2.87. The number of nitrogens with zero attached hydrogens (tertiary/aromatic N) is 1. The first-order valence-electron chi connectivity index (χ1n) is 6.49. The largest absolute Gasteiger partial charge is 0.496 e. The number of benzene rings is 1. The average molecular weight is 293 g/mol. The summed E-state index contributed by atoms with van der Waals surface area (Å²) in [6.07, 6.45) is 0.831. The van der Waals surface area contributed by atoms with Crippen molar-refractivity contribution in [3.05, 3.63) is 29.3 Å². The summed E-state index contributed by atoms with van der Waals surface area (Å²) in [6.45, 7) is 2.36. The monoisotopic (exact) mass is 293 g/mol. The number of carbonyl (C=O) groups is 1. The molecule has 1 aromatic rings. The third-order valence-corrected chi connectivity index (χ3v) is 3.83. The topological polar surface area (TPSA) is 81.6 Å². The minimum absolute atomic E-state index is 0.0345. The number of primary amides is 1. The number of rotatable bonds is 5. The third-order valence-electron chi connectivity index (χ3n) is 3.61. The van der Waals surface area contributed by atoms with Crippen LogP contribution in [0.4, 0.5) is 0 Å². The van der Waals surface area contributed by atoms with Crippen molar-refractivity contribution >= 4 is 23.1 Å². The molecule has 1 aliphatic heterocycles. The first-order valence-corrected chi connectivity index (χ1v) is 6.90. The molecule has 20 heavy (non-hydrogen) atoms. The lowest BCUT2D eigenvalue weighted by Gasteiger charge is -2.16. The van der Waals surface area contributed by atoms with Crippen LogP contribution in [0.15, 0.2) is 18.2 Å². The van der Waals surface area contributed by atoms with Crippen molar-refractivity contribution in [1.82, 2.24) is 4.90 Å². The summed E-state index contributed by atoms with van der Waals surface area (Å²) in [4.78, 5) is 13.7. The van der Waals surface area contributed by atoms with Crippen molar-refractivity contribution in [3.8, 4) is 5.75 Å². The number of hydrogen-bond acceptors (Lipinski definition) is 4. The molecule has 0 aromatic heterocycles. The number of nitrogens with two attached hydrogens (primary N) is 2. The number of thiocarbonyl (C=S) groups is 1. The second-order valence-electron chi connectivity index (χ2n) is 5.02. The van der Waals surface area contributed by atoms with Crippen molar-refractivity contribution in [3.63, 3.8) is 0 Å². The summed E-state index contributed by atoms with van der Waals surface area (Å²) in [5.41, 5.74) is 12.8. The maximum atomic E-state index is 11.2. The summed E-state index contributed by atoms with van der Waals surface area (Å²) in [7, 11) is 1.60. The van der Waals surface area contributed by atoms with E-state index in [0.29, 0.717) is 17.3 Å². The van der Waals surface area contributed by atoms with Crippen LogP contribution in [0, 0.1) is 5.92 Å². The molecule has 1 heterocycles. The Kier molecular flexibility index (Phi) is 4.57. The van der Waals surface area contributed by atoms with Gasteiger partial charge in [-0.15, -0.1) is 0 Å². The molecule has 108 valence electrons. The molecular weight excluding hydrogens is 274 g/mol. The maximum absolute atomic E-state index is 11.2. The fraction of sp³-hybridized carbons (Fsp3) is 0.429. The molecule has 0 radical (unpaired) electrons. The Morgan fingerprint density at radius 2 is 2.25 bits per heavy atom. The molecule has 1 amide bonds. The van der Waals surface area contributed by atoms with Gasteiger partial charge in [-0.25, -0.2) is 0 Å². The van der Waals surface area contributed by atoms with Gasteiger partial charge in [-0.2, -0.15) is 0 Å².